The number of hydrogen-bond donors (Lipinski definition) is 1. The zero-order chi connectivity index (χ0) is 11.0. The molecule has 3 rings (SSSR count). The van der Waals surface area contributed by atoms with Gasteiger partial charge in [0.1, 0.15) is 5.82 Å². The zero-order valence-corrected chi connectivity index (χ0v) is 9.21. The molecule has 2 nitrogen and oxygen atoms in total. The van der Waals surface area contributed by atoms with E-state index in [4.69, 9.17) is 4.74 Å². The van der Waals surface area contributed by atoms with Crippen molar-refractivity contribution in [1.29, 1.82) is 0 Å². The number of hydrogen-bond acceptors (Lipinski definition) is 2. The third-order valence-corrected chi connectivity index (χ3v) is 3.57. The second-order valence-corrected chi connectivity index (χ2v) is 4.55. The van der Waals surface area contributed by atoms with Gasteiger partial charge in [-0.15, -0.1) is 0 Å². The molecule has 1 aromatic carbocycles. The van der Waals surface area contributed by atoms with Gasteiger partial charge >= 0.3 is 0 Å². The highest BCUT2D eigenvalue weighted by Crippen LogP contribution is 2.33. The Morgan fingerprint density at radius 3 is 3.12 bits per heavy atom. The Labute approximate surface area is 94.8 Å². The summed E-state index contributed by atoms with van der Waals surface area (Å²) in [4.78, 5) is 0. The van der Waals surface area contributed by atoms with Crippen LogP contribution in [0.2, 0.25) is 0 Å². The molecule has 0 saturated carbocycles. The van der Waals surface area contributed by atoms with Crippen molar-refractivity contribution >= 4 is 0 Å². The lowest BCUT2D eigenvalue weighted by Crippen LogP contribution is -2.34. The fourth-order valence-corrected chi connectivity index (χ4v) is 2.79. The highest BCUT2D eigenvalue weighted by molar-refractivity contribution is 5.33. The topological polar surface area (TPSA) is 21.3 Å². The van der Waals surface area contributed by atoms with Crippen LogP contribution in [0.15, 0.2) is 18.2 Å². The molecule has 3 heteroatoms. The number of benzene rings is 1. The Kier molecular flexibility index (Phi) is 2.65. The van der Waals surface area contributed by atoms with E-state index in [0.717, 1.165) is 24.1 Å². The maximum Gasteiger partial charge on any atom is 0.126 e. The number of halogens is 1. The van der Waals surface area contributed by atoms with E-state index < -0.39 is 0 Å². The van der Waals surface area contributed by atoms with Gasteiger partial charge in [0.15, 0.2) is 0 Å². The van der Waals surface area contributed by atoms with Crippen LogP contribution in [0.1, 0.15) is 30.1 Å². The zero-order valence-electron chi connectivity index (χ0n) is 9.21. The fourth-order valence-electron chi connectivity index (χ4n) is 2.79. The average molecular weight is 221 g/mol. The third-order valence-electron chi connectivity index (χ3n) is 3.57. The summed E-state index contributed by atoms with van der Waals surface area (Å²) >= 11 is 0. The Morgan fingerprint density at radius 1 is 1.38 bits per heavy atom. The van der Waals surface area contributed by atoms with Crippen molar-refractivity contribution in [2.75, 3.05) is 13.2 Å². The lowest BCUT2D eigenvalue weighted by molar-refractivity contribution is 0.0190. The second-order valence-electron chi connectivity index (χ2n) is 4.55. The first-order valence-electron chi connectivity index (χ1n) is 5.98. The molecule has 0 aliphatic carbocycles. The maximum absolute atomic E-state index is 13.7. The van der Waals surface area contributed by atoms with Gasteiger partial charge in [0, 0.05) is 6.04 Å². The van der Waals surface area contributed by atoms with Gasteiger partial charge in [-0.05, 0) is 43.0 Å². The van der Waals surface area contributed by atoms with Crippen LogP contribution < -0.4 is 5.32 Å². The number of rotatable bonds is 1. The van der Waals surface area contributed by atoms with Crippen LogP contribution in [-0.2, 0) is 11.2 Å². The van der Waals surface area contributed by atoms with E-state index in [1.165, 1.54) is 6.42 Å². The fraction of sp³-hybridized carbons (Fsp3) is 0.538. The van der Waals surface area contributed by atoms with Crippen molar-refractivity contribution in [3.05, 3.63) is 35.1 Å². The van der Waals surface area contributed by atoms with Gasteiger partial charge in [0.2, 0.25) is 0 Å². The van der Waals surface area contributed by atoms with Crippen LogP contribution in [0.3, 0.4) is 0 Å². The van der Waals surface area contributed by atoms with Crippen molar-refractivity contribution in [2.24, 2.45) is 0 Å². The van der Waals surface area contributed by atoms with Gasteiger partial charge in [-0.2, -0.15) is 0 Å². The molecule has 86 valence electrons. The quantitative estimate of drug-likeness (QED) is 0.785. The molecule has 1 aromatic rings. The van der Waals surface area contributed by atoms with Crippen LogP contribution in [0.4, 0.5) is 4.39 Å². The molecule has 2 aliphatic heterocycles. The predicted octanol–water partition coefficient (Wildman–Crippen LogP) is 2.19. The molecular formula is C13H16FNO. The summed E-state index contributed by atoms with van der Waals surface area (Å²) < 4.78 is 19.5. The van der Waals surface area contributed by atoms with Gasteiger partial charge < -0.3 is 10.1 Å². The largest absolute Gasteiger partial charge is 0.372 e. The van der Waals surface area contributed by atoms with Crippen molar-refractivity contribution in [1.82, 2.24) is 5.32 Å². The normalized spacial score (nSPS) is 29.1. The minimum absolute atomic E-state index is 0.0435. The van der Waals surface area contributed by atoms with Gasteiger partial charge in [0.05, 0.1) is 12.7 Å². The van der Waals surface area contributed by atoms with E-state index in [2.05, 4.69) is 5.32 Å². The molecule has 0 amide bonds. The summed E-state index contributed by atoms with van der Waals surface area (Å²) in [5.41, 5.74) is 1.90. The summed E-state index contributed by atoms with van der Waals surface area (Å²) in [7, 11) is 0. The van der Waals surface area contributed by atoms with Gasteiger partial charge in [0.25, 0.3) is 0 Å². The van der Waals surface area contributed by atoms with Crippen LogP contribution in [0.5, 0.6) is 0 Å². The maximum atomic E-state index is 13.7. The summed E-state index contributed by atoms with van der Waals surface area (Å²) in [6, 6.07) is 5.69. The molecule has 1 fully saturated rings. The third kappa shape index (κ3) is 1.64. The molecule has 1 saturated heterocycles. The summed E-state index contributed by atoms with van der Waals surface area (Å²) in [5.74, 6) is -0.0798. The summed E-state index contributed by atoms with van der Waals surface area (Å²) in [6.07, 6.45) is 3.06. The highest BCUT2D eigenvalue weighted by Gasteiger charge is 2.31. The molecule has 0 aromatic heterocycles. The number of nitrogens with one attached hydrogen (secondary N) is 1. The van der Waals surface area contributed by atoms with Crippen LogP contribution in [-0.4, -0.2) is 19.2 Å². The molecule has 16 heavy (non-hydrogen) atoms. The first-order valence-corrected chi connectivity index (χ1v) is 5.98. The van der Waals surface area contributed by atoms with Gasteiger partial charge in [-0.1, -0.05) is 12.1 Å². The molecule has 2 aliphatic rings. The number of ether oxygens (including phenoxy) is 1. The van der Waals surface area contributed by atoms with Crippen molar-refractivity contribution in [3.8, 4) is 0 Å². The van der Waals surface area contributed by atoms with E-state index >= 15 is 0 Å². The minimum Gasteiger partial charge on any atom is -0.372 e. The van der Waals surface area contributed by atoms with Crippen molar-refractivity contribution < 1.29 is 9.13 Å². The Balaban J connectivity index is 1.96. The molecule has 0 spiro atoms. The lowest BCUT2D eigenvalue weighted by Gasteiger charge is -2.30. The van der Waals surface area contributed by atoms with E-state index in [0.29, 0.717) is 19.1 Å². The second kappa shape index (κ2) is 4.15. The molecule has 2 atom stereocenters. The summed E-state index contributed by atoms with van der Waals surface area (Å²) in [5, 5.41) is 3.44. The monoisotopic (exact) mass is 221 g/mol. The lowest BCUT2D eigenvalue weighted by atomic mass is 9.92. The smallest absolute Gasteiger partial charge is 0.126 e. The Hall–Kier alpha value is -0.930. The van der Waals surface area contributed by atoms with E-state index in [1.807, 2.05) is 6.07 Å². The molecule has 2 heterocycles. The average Bonchev–Trinajstić information content (AvgIpc) is 2.82. The Bertz CT molecular complexity index is 388. The Morgan fingerprint density at radius 2 is 2.31 bits per heavy atom. The molecule has 0 unspecified atom stereocenters. The van der Waals surface area contributed by atoms with E-state index in [9.17, 15) is 4.39 Å². The first kappa shape index (κ1) is 10.2. The van der Waals surface area contributed by atoms with Crippen molar-refractivity contribution in [2.45, 2.75) is 31.4 Å². The van der Waals surface area contributed by atoms with Crippen LogP contribution in [0, 0.1) is 5.82 Å². The van der Waals surface area contributed by atoms with Crippen LogP contribution >= 0.6 is 0 Å². The molecular weight excluding hydrogens is 205 g/mol. The highest BCUT2D eigenvalue weighted by atomic mass is 19.1. The predicted molar refractivity (Wildman–Crippen MR) is 59.8 cm³/mol. The summed E-state index contributed by atoms with van der Waals surface area (Å²) in [6.45, 7) is 1.69. The molecule has 0 bridgehead atoms. The molecule has 0 radical (unpaired) electrons. The van der Waals surface area contributed by atoms with E-state index in [1.54, 1.807) is 12.1 Å². The SMILES string of the molecule is Fc1cccc2c1CCO[C@H]2[C@@H]1CCCN1. The van der Waals surface area contributed by atoms with Crippen molar-refractivity contribution in [3.63, 3.8) is 0 Å². The van der Waals surface area contributed by atoms with Gasteiger partial charge in [-0.3, -0.25) is 0 Å². The van der Waals surface area contributed by atoms with Crippen LogP contribution in [0.25, 0.3) is 0 Å². The molecule has 1 N–H and O–H groups in total. The van der Waals surface area contributed by atoms with Gasteiger partial charge in [-0.25, -0.2) is 4.39 Å². The standard InChI is InChI=1S/C13H16FNO/c14-11-4-1-3-10-9(11)6-8-16-13(10)12-5-2-7-15-12/h1,3-4,12-13,15H,2,5-8H2/t12-,13+/m0/s1. The van der Waals surface area contributed by atoms with E-state index in [-0.39, 0.29) is 11.9 Å². The first-order chi connectivity index (χ1) is 7.86. The number of fused-ring (bicyclic) bond motifs is 1. The minimum atomic E-state index is -0.0798.